The van der Waals surface area contributed by atoms with Gasteiger partial charge in [-0.15, -0.1) is 0 Å². The van der Waals surface area contributed by atoms with Crippen molar-refractivity contribution in [2.45, 2.75) is 64.2 Å². The van der Waals surface area contributed by atoms with E-state index >= 15 is 0 Å². The summed E-state index contributed by atoms with van der Waals surface area (Å²) in [5.74, 6) is -4.26. The molecule has 4 unspecified atom stereocenters. The molecule has 13 heteroatoms. The second-order valence-corrected chi connectivity index (χ2v) is 7.88. The predicted octanol–water partition coefficient (Wildman–Crippen LogP) is -2.24. The number of H-pyrrole nitrogens is 1. The van der Waals surface area contributed by atoms with Crippen molar-refractivity contribution in [2.24, 2.45) is 17.4 Å². The normalized spacial score (nSPS) is 14.7. The fraction of sp³-hybridized carbons (Fsp3) is 0.579. The highest BCUT2D eigenvalue weighted by Gasteiger charge is 2.30. The number of aliphatic carboxylic acids is 1. The quantitative estimate of drug-likeness (QED) is 0.172. The molecule has 0 saturated heterocycles. The van der Waals surface area contributed by atoms with Gasteiger partial charge in [0, 0.05) is 18.3 Å². The number of carboxylic acid groups (broad SMARTS) is 1. The number of aromatic amines is 1. The number of imidazole rings is 1. The van der Waals surface area contributed by atoms with Crippen molar-refractivity contribution in [1.29, 1.82) is 0 Å². The van der Waals surface area contributed by atoms with Gasteiger partial charge in [-0.1, -0.05) is 13.8 Å². The summed E-state index contributed by atoms with van der Waals surface area (Å²) >= 11 is 0. The Morgan fingerprint density at radius 3 is 2.12 bits per heavy atom. The second-order valence-electron chi connectivity index (χ2n) is 7.88. The second kappa shape index (κ2) is 12.4. The number of primary amides is 1. The van der Waals surface area contributed by atoms with Gasteiger partial charge in [-0.05, 0) is 19.3 Å². The molecule has 4 amide bonds. The first-order chi connectivity index (χ1) is 14.9. The van der Waals surface area contributed by atoms with Crippen molar-refractivity contribution >= 4 is 29.6 Å². The summed E-state index contributed by atoms with van der Waals surface area (Å²) in [6.45, 7) is 5.01. The topological polar surface area (TPSA) is 222 Å². The number of carboxylic acids is 1. The maximum absolute atomic E-state index is 12.8. The maximum Gasteiger partial charge on any atom is 0.325 e. The third kappa shape index (κ3) is 9.12. The monoisotopic (exact) mass is 453 g/mol. The highest BCUT2D eigenvalue weighted by Crippen LogP contribution is 2.05. The van der Waals surface area contributed by atoms with Gasteiger partial charge < -0.3 is 37.5 Å². The molecule has 1 heterocycles. The molecule has 1 rings (SSSR count). The summed E-state index contributed by atoms with van der Waals surface area (Å²) in [6.07, 6.45) is 2.59. The average molecular weight is 454 g/mol. The first-order valence-electron chi connectivity index (χ1n) is 10.1. The van der Waals surface area contributed by atoms with E-state index in [1.165, 1.54) is 19.4 Å². The number of carbonyl (C=O) groups excluding carboxylic acids is 4. The zero-order valence-corrected chi connectivity index (χ0v) is 18.3. The van der Waals surface area contributed by atoms with Crippen LogP contribution >= 0.6 is 0 Å². The number of hydrogen-bond acceptors (Lipinski definition) is 7. The fourth-order valence-electron chi connectivity index (χ4n) is 2.78. The Balaban J connectivity index is 2.99. The van der Waals surface area contributed by atoms with E-state index in [9.17, 15) is 24.0 Å². The summed E-state index contributed by atoms with van der Waals surface area (Å²) in [6, 6.07) is -4.70. The van der Waals surface area contributed by atoms with Crippen molar-refractivity contribution < 1.29 is 29.1 Å². The molecule has 1 aromatic rings. The van der Waals surface area contributed by atoms with E-state index < -0.39 is 60.2 Å². The first-order valence-corrected chi connectivity index (χ1v) is 10.1. The molecule has 178 valence electrons. The van der Waals surface area contributed by atoms with Gasteiger partial charge in [0.25, 0.3) is 0 Å². The van der Waals surface area contributed by atoms with Gasteiger partial charge in [0.15, 0.2) is 0 Å². The van der Waals surface area contributed by atoms with E-state index in [1.54, 1.807) is 0 Å². The number of nitrogens with zero attached hydrogens (tertiary/aromatic N) is 1. The first kappa shape index (κ1) is 26.6. The van der Waals surface area contributed by atoms with E-state index in [1.807, 2.05) is 13.8 Å². The van der Waals surface area contributed by atoms with Crippen LogP contribution in [0, 0.1) is 5.92 Å². The molecule has 9 N–H and O–H groups in total. The SMILES string of the molecule is CC(C)CC(N)C(=O)NC(CC(N)=O)C(=O)NC(Cc1cnc[nH]1)C(=O)NC(C)C(=O)O. The Kier molecular flexibility index (Phi) is 10.3. The molecular weight excluding hydrogens is 422 g/mol. The van der Waals surface area contributed by atoms with Crippen LogP contribution in [0.25, 0.3) is 0 Å². The Morgan fingerprint density at radius 1 is 1.03 bits per heavy atom. The molecule has 4 atom stereocenters. The lowest BCUT2D eigenvalue weighted by Crippen LogP contribution is -2.58. The number of aromatic nitrogens is 2. The molecule has 0 saturated carbocycles. The number of hydrogen-bond donors (Lipinski definition) is 7. The summed E-state index contributed by atoms with van der Waals surface area (Å²) in [7, 11) is 0. The highest BCUT2D eigenvalue weighted by molar-refractivity contribution is 5.96. The number of nitrogens with one attached hydrogen (secondary N) is 4. The van der Waals surface area contributed by atoms with Crippen LogP contribution in [-0.4, -0.2) is 68.8 Å². The summed E-state index contributed by atoms with van der Waals surface area (Å²) in [5, 5.41) is 16.1. The zero-order valence-electron chi connectivity index (χ0n) is 18.3. The van der Waals surface area contributed by atoms with Crippen LogP contribution in [0.3, 0.4) is 0 Å². The summed E-state index contributed by atoms with van der Waals surface area (Å²) in [4.78, 5) is 66.9. The van der Waals surface area contributed by atoms with E-state index in [2.05, 4.69) is 25.9 Å². The molecule has 1 aromatic heterocycles. The number of nitrogens with two attached hydrogens (primary N) is 2. The lowest BCUT2D eigenvalue weighted by molar-refractivity contribution is -0.142. The number of amides is 4. The van der Waals surface area contributed by atoms with Crippen LogP contribution in [0.4, 0.5) is 0 Å². The lowest BCUT2D eigenvalue weighted by Gasteiger charge is -2.24. The van der Waals surface area contributed by atoms with E-state index in [4.69, 9.17) is 16.6 Å². The largest absolute Gasteiger partial charge is 0.480 e. The predicted molar refractivity (Wildman–Crippen MR) is 113 cm³/mol. The van der Waals surface area contributed by atoms with Crippen LogP contribution in [0.5, 0.6) is 0 Å². The van der Waals surface area contributed by atoms with Gasteiger partial charge in [-0.2, -0.15) is 0 Å². The van der Waals surface area contributed by atoms with E-state index in [-0.39, 0.29) is 12.3 Å². The molecule has 0 aliphatic heterocycles. The van der Waals surface area contributed by atoms with Crippen molar-refractivity contribution in [3.63, 3.8) is 0 Å². The van der Waals surface area contributed by atoms with Crippen LogP contribution in [-0.2, 0) is 30.4 Å². The minimum atomic E-state index is -1.37. The van der Waals surface area contributed by atoms with Gasteiger partial charge in [0.05, 0.1) is 18.8 Å². The smallest absolute Gasteiger partial charge is 0.325 e. The third-order valence-corrected chi connectivity index (χ3v) is 4.44. The van der Waals surface area contributed by atoms with E-state index in [0.717, 1.165) is 0 Å². The average Bonchev–Trinajstić information content (AvgIpc) is 3.18. The van der Waals surface area contributed by atoms with Crippen LogP contribution in [0.2, 0.25) is 0 Å². The van der Waals surface area contributed by atoms with Crippen molar-refractivity contribution in [3.8, 4) is 0 Å². The Labute approximate surface area is 185 Å². The molecule has 0 spiro atoms. The minimum absolute atomic E-state index is 0.0476. The molecular formula is C19H31N7O6. The molecule has 0 bridgehead atoms. The number of rotatable bonds is 13. The Hall–Kier alpha value is -3.48. The standard InChI is InChI=1S/C19H31N7O6/c1-9(2)4-12(20)16(28)25-14(6-15(21)27)18(30)26-13(5-11-7-22-8-23-11)17(29)24-10(3)19(31)32/h7-10,12-14H,4-6,20H2,1-3H3,(H2,21,27)(H,22,23)(H,24,29)(H,25,28)(H,26,30)(H,31,32). The van der Waals surface area contributed by atoms with Crippen molar-refractivity contribution in [3.05, 3.63) is 18.2 Å². The highest BCUT2D eigenvalue weighted by atomic mass is 16.4. The molecule has 0 aromatic carbocycles. The van der Waals surface area contributed by atoms with Crippen LogP contribution in [0.1, 0.15) is 39.3 Å². The molecule has 0 aliphatic rings. The minimum Gasteiger partial charge on any atom is -0.480 e. The molecule has 32 heavy (non-hydrogen) atoms. The molecule has 0 radical (unpaired) electrons. The molecule has 0 fully saturated rings. The van der Waals surface area contributed by atoms with Gasteiger partial charge in [0.2, 0.25) is 23.6 Å². The zero-order chi connectivity index (χ0) is 24.4. The lowest BCUT2D eigenvalue weighted by atomic mass is 10.0. The van der Waals surface area contributed by atoms with Gasteiger partial charge in [0.1, 0.15) is 18.1 Å². The van der Waals surface area contributed by atoms with Gasteiger partial charge in [-0.3, -0.25) is 24.0 Å². The van der Waals surface area contributed by atoms with Crippen LogP contribution in [0.15, 0.2) is 12.5 Å². The van der Waals surface area contributed by atoms with Gasteiger partial charge in [-0.25, -0.2) is 4.98 Å². The van der Waals surface area contributed by atoms with E-state index in [0.29, 0.717) is 12.1 Å². The summed E-state index contributed by atoms with van der Waals surface area (Å²) in [5.41, 5.74) is 11.5. The third-order valence-electron chi connectivity index (χ3n) is 4.44. The fourth-order valence-corrected chi connectivity index (χ4v) is 2.78. The Bertz CT molecular complexity index is 811. The maximum atomic E-state index is 12.8. The molecule has 13 nitrogen and oxygen atoms in total. The van der Waals surface area contributed by atoms with Crippen molar-refractivity contribution in [1.82, 2.24) is 25.9 Å². The summed E-state index contributed by atoms with van der Waals surface area (Å²) < 4.78 is 0. The Morgan fingerprint density at radius 2 is 1.62 bits per heavy atom. The van der Waals surface area contributed by atoms with Crippen LogP contribution < -0.4 is 27.4 Å². The van der Waals surface area contributed by atoms with Crippen molar-refractivity contribution in [2.75, 3.05) is 0 Å². The number of carbonyl (C=O) groups is 5. The van der Waals surface area contributed by atoms with Gasteiger partial charge >= 0.3 is 5.97 Å². The molecule has 0 aliphatic carbocycles.